The maximum absolute atomic E-state index is 10.7. The van der Waals surface area contributed by atoms with Gasteiger partial charge in [-0.15, -0.1) is 0 Å². The van der Waals surface area contributed by atoms with Crippen molar-refractivity contribution in [2.75, 3.05) is 46.8 Å². The number of rotatable bonds is 12. The fraction of sp³-hybridized carbons (Fsp3) is 0.643. The van der Waals surface area contributed by atoms with Gasteiger partial charge < -0.3 is 28.5 Å². The lowest BCUT2D eigenvalue weighted by Gasteiger charge is -2.06. The number of furan rings is 1. The van der Waals surface area contributed by atoms with Crippen LogP contribution < -0.4 is 0 Å². The average molecular weight is 302 g/mol. The molecule has 7 heteroatoms. The van der Waals surface area contributed by atoms with Gasteiger partial charge in [0.25, 0.3) is 0 Å². The minimum atomic E-state index is -1.08. The highest BCUT2D eigenvalue weighted by Crippen LogP contribution is 2.15. The third kappa shape index (κ3) is 7.24. The van der Waals surface area contributed by atoms with Gasteiger partial charge in [0.05, 0.1) is 46.2 Å². The summed E-state index contributed by atoms with van der Waals surface area (Å²) >= 11 is 0. The van der Waals surface area contributed by atoms with Crippen LogP contribution in [0.15, 0.2) is 10.5 Å². The Morgan fingerprint density at radius 1 is 1.10 bits per heavy atom. The maximum atomic E-state index is 10.7. The highest BCUT2D eigenvalue weighted by Gasteiger charge is 2.12. The highest BCUT2D eigenvalue weighted by molar-refractivity contribution is 5.84. The van der Waals surface area contributed by atoms with Crippen molar-refractivity contribution in [3.8, 4) is 0 Å². The summed E-state index contributed by atoms with van der Waals surface area (Å²) in [5.41, 5.74) is 0.732. The van der Waals surface area contributed by atoms with Gasteiger partial charge in [0.15, 0.2) is 0 Å². The molecule has 120 valence electrons. The van der Waals surface area contributed by atoms with Crippen LogP contribution in [0.1, 0.15) is 21.9 Å². The van der Waals surface area contributed by atoms with Gasteiger partial charge in [0.1, 0.15) is 5.76 Å². The van der Waals surface area contributed by atoms with Crippen LogP contribution in [0.2, 0.25) is 0 Å². The van der Waals surface area contributed by atoms with E-state index in [0.29, 0.717) is 52.0 Å². The Balaban J connectivity index is 2.03. The molecule has 1 aromatic heterocycles. The van der Waals surface area contributed by atoms with Crippen molar-refractivity contribution in [3.05, 3.63) is 23.2 Å². The third-order valence-electron chi connectivity index (χ3n) is 2.66. The van der Waals surface area contributed by atoms with E-state index in [2.05, 4.69) is 0 Å². The molecule has 0 saturated carbocycles. The third-order valence-corrected chi connectivity index (χ3v) is 2.66. The number of methoxy groups -OCH3 is 1. The van der Waals surface area contributed by atoms with Gasteiger partial charge >= 0.3 is 5.97 Å². The highest BCUT2D eigenvalue weighted by atomic mass is 16.6. The van der Waals surface area contributed by atoms with Crippen LogP contribution in [0.3, 0.4) is 0 Å². The number of hydrogen-bond donors (Lipinski definition) is 1. The van der Waals surface area contributed by atoms with E-state index in [4.69, 9.17) is 28.5 Å². The first-order valence-corrected chi connectivity index (χ1v) is 6.70. The lowest BCUT2D eigenvalue weighted by atomic mass is 10.2. The summed E-state index contributed by atoms with van der Waals surface area (Å²) in [6.07, 6.45) is 0. The first-order chi connectivity index (χ1) is 10.1. The Labute approximate surface area is 123 Å². The topological polar surface area (TPSA) is 87.4 Å². The number of carbonyl (C=O) groups is 1. The second-order valence-corrected chi connectivity index (χ2v) is 4.27. The molecule has 0 spiro atoms. The molecule has 1 rings (SSSR count). The summed E-state index contributed by atoms with van der Waals surface area (Å²) in [5.74, 6) is -0.600. The van der Waals surface area contributed by atoms with Gasteiger partial charge in [-0.05, 0) is 13.0 Å². The number of aryl methyl sites for hydroxylation is 1. The lowest BCUT2D eigenvalue weighted by molar-refractivity contribution is 0.000744. The van der Waals surface area contributed by atoms with Gasteiger partial charge in [-0.1, -0.05) is 0 Å². The van der Waals surface area contributed by atoms with Crippen LogP contribution in [0.25, 0.3) is 0 Å². The molecule has 21 heavy (non-hydrogen) atoms. The molecular formula is C14H22O7. The van der Waals surface area contributed by atoms with Gasteiger partial charge in [-0.2, -0.15) is 0 Å². The molecule has 0 aliphatic rings. The zero-order valence-corrected chi connectivity index (χ0v) is 12.4. The standard InChI is InChI=1S/C14H22O7/c1-11-12(9-13(21-11)14(15)16)10-20-8-7-19-6-5-18-4-3-17-2/h9H,3-8,10H2,1-2H3,(H,15,16). The second-order valence-electron chi connectivity index (χ2n) is 4.27. The molecule has 0 aliphatic heterocycles. The monoisotopic (exact) mass is 302 g/mol. The number of ether oxygens (including phenoxy) is 4. The number of hydrogen-bond acceptors (Lipinski definition) is 6. The number of carboxylic acids is 1. The molecule has 0 radical (unpaired) electrons. The average Bonchev–Trinajstić information content (AvgIpc) is 2.82. The Kier molecular flexibility index (Phi) is 8.68. The Hall–Kier alpha value is -1.41. The van der Waals surface area contributed by atoms with E-state index in [1.165, 1.54) is 6.07 Å². The van der Waals surface area contributed by atoms with Crippen molar-refractivity contribution < 1.29 is 33.3 Å². The number of carboxylic acid groups (broad SMARTS) is 1. The zero-order valence-electron chi connectivity index (χ0n) is 12.4. The summed E-state index contributed by atoms with van der Waals surface area (Å²) in [4.78, 5) is 10.7. The van der Waals surface area contributed by atoms with E-state index in [-0.39, 0.29) is 5.76 Å². The first kappa shape index (κ1) is 17.6. The second kappa shape index (κ2) is 10.3. The molecule has 0 bridgehead atoms. The summed E-state index contributed by atoms with van der Waals surface area (Å²) in [6, 6.07) is 1.47. The minimum absolute atomic E-state index is 0.0736. The Morgan fingerprint density at radius 3 is 2.19 bits per heavy atom. The smallest absolute Gasteiger partial charge is 0.371 e. The van der Waals surface area contributed by atoms with E-state index < -0.39 is 5.97 Å². The first-order valence-electron chi connectivity index (χ1n) is 6.70. The molecule has 7 nitrogen and oxygen atoms in total. The van der Waals surface area contributed by atoms with Crippen molar-refractivity contribution in [1.82, 2.24) is 0 Å². The molecule has 0 aromatic carbocycles. The van der Waals surface area contributed by atoms with Crippen LogP contribution in [-0.2, 0) is 25.6 Å². The van der Waals surface area contributed by atoms with Crippen LogP contribution >= 0.6 is 0 Å². The van der Waals surface area contributed by atoms with Crippen molar-refractivity contribution in [2.45, 2.75) is 13.5 Å². The maximum Gasteiger partial charge on any atom is 0.371 e. The quantitative estimate of drug-likeness (QED) is 0.585. The Morgan fingerprint density at radius 2 is 1.67 bits per heavy atom. The predicted octanol–water partition coefficient (Wildman–Crippen LogP) is 1.48. The van der Waals surface area contributed by atoms with Crippen LogP contribution in [0.5, 0.6) is 0 Å². The predicted molar refractivity (Wildman–Crippen MR) is 73.6 cm³/mol. The summed E-state index contributed by atoms with van der Waals surface area (Å²) in [7, 11) is 1.62. The van der Waals surface area contributed by atoms with Crippen LogP contribution in [-0.4, -0.2) is 57.8 Å². The molecule has 1 heterocycles. The normalized spacial score (nSPS) is 11.0. The molecule has 0 amide bonds. The van der Waals surface area contributed by atoms with Gasteiger partial charge in [-0.3, -0.25) is 0 Å². The van der Waals surface area contributed by atoms with Crippen molar-refractivity contribution in [3.63, 3.8) is 0 Å². The fourth-order valence-corrected chi connectivity index (χ4v) is 1.53. The number of aromatic carboxylic acids is 1. The summed E-state index contributed by atoms with van der Waals surface area (Å²) < 4.78 is 25.9. The fourth-order valence-electron chi connectivity index (χ4n) is 1.53. The molecule has 0 unspecified atom stereocenters. The zero-order chi connectivity index (χ0) is 15.5. The summed E-state index contributed by atoms with van der Waals surface area (Å²) in [6.45, 7) is 5.04. The van der Waals surface area contributed by atoms with Crippen molar-refractivity contribution in [1.29, 1.82) is 0 Å². The minimum Gasteiger partial charge on any atom is -0.475 e. The van der Waals surface area contributed by atoms with Gasteiger partial charge in [0, 0.05) is 12.7 Å². The van der Waals surface area contributed by atoms with E-state index in [9.17, 15) is 4.79 Å². The van der Waals surface area contributed by atoms with E-state index in [0.717, 1.165) is 5.56 Å². The molecule has 1 aromatic rings. The molecule has 0 atom stereocenters. The van der Waals surface area contributed by atoms with E-state index >= 15 is 0 Å². The van der Waals surface area contributed by atoms with Crippen molar-refractivity contribution in [2.24, 2.45) is 0 Å². The molecule has 1 N–H and O–H groups in total. The van der Waals surface area contributed by atoms with E-state index in [1.54, 1.807) is 14.0 Å². The van der Waals surface area contributed by atoms with Crippen molar-refractivity contribution >= 4 is 5.97 Å². The SMILES string of the molecule is COCCOCCOCCOCc1cc(C(=O)O)oc1C. The lowest BCUT2D eigenvalue weighted by Crippen LogP contribution is -2.11. The van der Waals surface area contributed by atoms with Gasteiger partial charge in [-0.25, -0.2) is 4.79 Å². The molecule has 0 saturated heterocycles. The summed E-state index contributed by atoms with van der Waals surface area (Å²) in [5, 5.41) is 8.79. The molecule has 0 fully saturated rings. The molecule has 0 aliphatic carbocycles. The van der Waals surface area contributed by atoms with Crippen LogP contribution in [0, 0.1) is 6.92 Å². The van der Waals surface area contributed by atoms with E-state index in [1.807, 2.05) is 0 Å². The molecular weight excluding hydrogens is 280 g/mol. The van der Waals surface area contributed by atoms with Crippen LogP contribution in [0.4, 0.5) is 0 Å². The largest absolute Gasteiger partial charge is 0.475 e. The Bertz CT molecular complexity index is 413. The van der Waals surface area contributed by atoms with Gasteiger partial charge in [0.2, 0.25) is 5.76 Å².